The fourth-order valence-electron chi connectivity index (χ4n) is 1.91. The number of thiazole rings is 1. The fraction of sp³-hybridized carbons (Fsp3) is 0.286. The molecule has 0 aliphatic carbocycles. The molecule has 1 heterocycles. The van der Waals surface area contributed by atoms with E-state index < -0.39 is 11.7 Å². The fourth-order valence-corrected chi connectivity index (χ4v) is 3.37. The van der Waals surface area contributed by atoms with Crippen LogP contribution in [0.3, 0.4) is 0 Å². The van der Waals surface area contributed by atoms with E-state index in [4.69, 9.17) is 0 Å². The second-order valence-electron chi connectivity index (χ2n) is 4.55. The monoisotopic (exact) mass is 392 g/mol. The number of amides is 1. The van der Waals surface area contributed by atoms with Gasteiger partial charge in [-0.1, -0.05) is 22.9 Å². The minimum atomic E-state index is -4.43. The molecule has 2 aromatic rings. The van der Waals surface area contributed by atoms with E-state index in [1.807, 2.05) is 6.92 Å². The maximum absolute atomic E-state index is 12.9. The summed E-state index contributed by atoms with van der Waals surface area (Å²) in [6, 6.07) is 3.67. The van der Waals surface area contributed by atoms with Gasteiger partial charge in [0.05, 0.1) is 11.3 Å². The zero-order valence-corrected chi connectivity index (χ0v) is 14.1. The summed E-state index contributed by atoms with van der Waals surface area (Å²) in [6.07, 6.45) is -3.82. The van der Waals surface area contributed by atoms with Crippen LogP contribution in [-0.2, 0) is 17.4 Å². The molecule has 0 saturated carbocycles. The number of nitrogens with zero attached hydrogens (tertiary/aromatic N) is 1. The van der Waals surface area contributed by atoms with Crippen molar-refractivity contribution in [1.82, 2.24) is 4.98 Å². The number of hydrogen-bond acceptors (Lipinski definition) is 3. The normalized spacial score (nSPS) is 11.5. The number of nitrogens with one attached hydrogen (secondary N) is 1. The molecule has 0 fully saturated rings. The SMILES string of the molecule is CCc1sc(NC(C)=O)nc1-c1cc(Br)cc(C(F)(F)F)c1. The Bertz CT molecular complexity index is 713. The first-order chi connectivity index (χ1) is 10.2. The molecule has 0 aliphatic rings. The van der Waals surface area contributed by atoms with E-state index in [1.165, 1.54) is 18.3 Å². The van der Waals surface area contributed by atoms with Gasteiger partial charge in [0.1, 0.15) is 0 Å². The molecule has 8 heteroatoms. The van der Waals surface area contributed by atoms with Crippen LogP contribution in [0.4, 0.5) is 18.3 Å². The number of aromatic nitrogens is 1. The second-order valence-corrected chi connectivity index (χ2v) is 6.55. The Morgan fingerprint density at radius 2 is 2.05 bits per heavy atom. The predicted molar refractivity (Wildman–Crippen MR) is 83.9 cm³/mol. The van der Waals surface area contributed by atoms with E-state index in [1.54, 1.807) is 6.07 Å². The summed E-state index contributed by atoms with van der Waals surface area (Å²) in [6.45, 7) is 3.24. The lowest BCUT2D eigenvalue weighted by Crippen LogP contribution is -2.05. The van der Waals surface area contributed by atoms with Crippen molar-refractivity contribution in [3.63, 3.8) is 0 Å². The molecular weight excluding hydrogens is 381 g/mol. The third kappa shape index (κ3) is 3.86. The molecule has 0 bridgehead atoms. The Kier molecular flexibility index (Phi) is 4.91. The number of carbonyl (C=O) groups is 1. The van der Waals surface area contributed by atoms with Crippen molar-refractivity contribution in [2.24, 2.45) is 0 Å². The van der Waals surface area contributed by atoms with Crippen molar-refractivity contribution in [3.05, 3.63) is 33.1 Å². The van der Waals surface area contributed by atoms with Gasteiger partial charge in [-0.25, -0.2) is 4.98 Å². The van der Waals surface area contributed by atoms with Gasteiger partial charge in [-0.3, -0.25) is 4.79 Å². The number of halogens is 4. The molecule has 0 saturated heterocycles. The zero-order valence-electron chi connectivity index (χ0n) is 11.7. The van der Waals surface area contributed by atoms with Crippen molar-refractivity contribution in [2.45, 2.75) is 26.4 Å². The number of hydrogen-bond donors (Lipinski definition) is 1. The highest BCUT2D eigenvalue weighted by molar-refractivity contribution is 9.10. The average molecular weight is 393 g/mol. The van der Waals surface area contributed by atoms with E-state index in [0.717, 1.165) is 17.0 Å². The summed E-state index contributed by atoms with van der Waals surface area (Å²) in [5, 5.41) is 2.95. The molecule has 1 amide bonds. The minimum absolute atomic E-state index is 0.270. The van der Waals surface area contributed by atoms with Crippen LogP contribution in [-0.4, -0.2) is 10.9 Å². The second kappa shape index (κ2) is 6.37. The highest BCUT2D eigenvalue weighted by atomic mass is 79.9. The Labute approximate surface area is 137 Å². The van der Waals surface area contributed by atoms with E-state index in [-0.39, 0.29) is 5.91 Å². The molecule has 0 atom stereocenters. The van der Waals surface area contributed by atoms with Crippen molar-refractivity contribution in [3.8, 4) is 11.3 Å². The molecule has 2 rings (SSSR count). The molecule has 1 aromatic heterocycles. The van der Waals surface area contributed by atoms with Gasteiger partial charge in [0.15, 0.2) is 5.13 Å². The Balaban J connectivity index is 2.53. The topological polar surface area (TPSA) is 42.0 Å². The quantitative estimate of drug-likeness (QED) is 0.787. The third-order valence-electron chi connectivity index (χ3n) is 2.80. The van der Waals surface area contributed by atoms with Crippen LogP contribution in [0.1, 0.15) is 24.3 Å². The number of carbonyl (C=O) groups excluding carboxylic acids is 1. The minimum Gasteiger partial charge on any atom is -0.302 e. The van der Waals surface area contributed by atoms with Gasteiger partial charge in [0, 0.05) is 21.8 Å². The van der Waals surface area contributed by atoms with E-state index >= 15 is 0 Å². The summed E-state index contributed by atoms with van der Waals surface area (Å²) >= 11 is 4.36. The first-order valence-corrected chi connectivity index (χ1v) is 7.97. The summed E-state index contributed by atoms with van der Waals surface area (Å²) < 4.78 is 39.1. The van der Waals surface area contributed by atoms with Gasteiger partial charge < -0.3 is 5.32 Å². The van der Waals surface area contributed by atoms with Gasteiger partial charge in [0.2, 0.25) is 5.91 Å². The number of anilines is 1. The smallest absolute Gasteiger partial charge is 0.302 e. The highest BCUT2D eigenvalue weighted by Gasteiger charge is 2.31. The van der Waals surface area contributed by atoms with Gasteiger partial charge in [0.25, 0.3) is 0 Å². The number of benzene rings is 1. The molecule has 1 N–H and O–H groups in total. The molecule has 0 radical (unpaired) electrons. The average Bonchev–Trinajstić information content (AvgIpc) is 2.79. The van der Waals surface area contributed by atoms with Crippen LogP contribution < -0.4 is 5.32 Å². The Morgan fingerprint density at radius 1 is 1.36 bits per heavy atom. The molecular formula is C14H12BrF3N2OS. The molecule has 0 unspecified atom stereocenters. The van der Waals surface area contributed by atoms with Crippen molar-refractivity contribution >= 4 is 38.3 Å². The van der Waals surface area contributed by atoms with Gasteiger partial charge >= 0.3 is 6.18 Å². The summed E-state index contributed by atoms with van der Waals surface area (Å²) in [7, 11) is 0. The van der Waals surface area contributed by atoms with Gasteiger partial charge in [-0.05, 0) is 24.6 Å². The van der Waals surface area contributed by atoms with Gasteiger partial charge in [-0.2, -0.15) is 13.2 Å². The highest BCUT2D eigenvalue weighted by Crippen LogP contribution is 2.37. The largest absolute Gasteiger partial charge is 0.416 e. The first kappa shape index (κ1) is 17.0. The summed E-state index contributed by atoms with van der Waals surface area (Å²) in [5.74, 6) is -0.270. The molecule has 118 valence electrons. The third-order valence-corrected chi connectivity index (χ3v) is 4.37. The molecule has 0 spiro atoms. The van der Waals surface area contributed by atoms with Crippen molar-refractivity contribution < 1.29 is 18.0 Å². The lowest BCUT2D eigenvalue weighted by molar-refractivity contribution is -0.137. The van der Waals surface area contributed by atoms with Crippen molar-refractivity contribution in [1.29, 1.82) is 0 Å². The number of rotatable bonds is 3. The molecule has 22 heavy (non-hydrogen) atoms. The van der Waals surface area contributed by atoms with E-state index in [0.29, 0.717) is 27.3 Å². The van der Waals surface area contributed by atoms with Crippen LogP contribution in [0.2, 0.25) is 0 Å². The maximum atomic E-state index is 12.9. The van der Waals surface area contributed by atoms with Crippen LogP contribution in [0.25, 0.3) is 11.3 Å². The lowest BCUT2D eigenvalue weighted by atomic mass is 10.1. The van der Waals surface area contributed by atoms with Crippen molar-refractivity contribution in [2.75, 3.05) is 5.32 Å². The molecule has 1 aromatic carbocycles. The molecule has 3 nitrogen and oxygen atoms in total. The van der Waals surface area contributed by atoms with Crippen LogP contribution in [0.5, 0.6) is 0 Å². The zero-order chi connectivity index (χ0) is 16.5. The first-order valence-electron chi connectivity index (χ1n) is 6.36. The maximum Gasteiger partial charge on any atom is 0.416 e. The van der Waals surface area contributed by atoms with Crippen LogP contribution in [0.15, 0.2) is 22.7 Å². The number of alkyl halides is 3. The Morgan fingerprint density at radius 3 is 2.59 bits per heavy atom. The van der Waals surface area contributed by atoms with Crippen LogP contribution in [0, 0.1) is 0 Å². The standard InChI is InChI=1S/C14H12BrF3N2OS/c1-3-11-12(20-13(22-11)19-7(2)21)8-4-9(14(16,17)18)6-10(15)5-8/h4-6H,3H2,1-2H3,(H,19,20,21). The van der Waals surface area contributed by atoms with Gasteiger partial charge in [-0.15, -0.1) is 11.3 Å². The van der Waals surface area contributed by atoms with Crippen LogP contribution >= 0.6 is 27.3 Å². The summed E-state index contributed by atoms with van der Waals surface area (Å²) in [4.78, 5) is 16.2. The van der Waals surface area contributed by atoms with E-state index in [2.05, 4.69) is 26.2 Å². The number of aryl methyl sites for hydroxylation is 1. The van der Waals surface area contributed by atoms with E-state index in [9.17, 15) is 18.0 Å². The lowest BCUT2D eigenvalue weighted by Gasteiger charge is -2.09. The predicted octanol–water partition coefficient (Wildman–Crippen LogP) is 5.11. The summed E-state index contributed by atoms with van der Waals surface area (Å²) in [5.41, 5.74) is 0.0856. The molecule has 0 aliphatic heterocycles. The Hall–Kier alpha value is -1.41.